The van der Waals surface area contributed by atoms with E-state index in [1.807, 2.05) is 18.7 Å². The molecule has 0 aliphatic heterocycles. The topological polar surface area (TPSA) is 49.8 Å². The van der Waals surface area contributed by atoms with Crippen LogP contribution < -0.4 is 0 Å². The summed E-state index contributed by atoms with van der Waals surface area (Å²) in [6.07, 6.45) is 0.339. The zero-order chi connectivity index (χ0) is 11.2. The molecule has 5 heteroatoms. The molecule has 4 nitrogen and oxygen atoms in total. The highest BCUT2D eigenvalue weighted by Crippen LogP contribution is 2.50. The highest BCUT2D eigenvalue weighted by molar-refractivity contribution is 7.59. The fourth-order valence-electron chi connectivity index (χ4n) is 1.19. The maximum Gasteiger partial charge on any atom is 0.243 e. The Morgan fingerprint density at radius 2 is 1.86 bits per heavy atom. The smallest absolute Gasteiger partial charge is 0.243 e. The van der Waals surface area contributed by atoms with E-state index in [1.165, 1.54) is 6.92 Å². The molecule has 0 saturated carbocycles. The van der Waals surface area contributed by atoms with Gasteiger partial charge in [0.15, 0.2) is 0 Å². The van der Waals surface area contributed by atoms with Crippen LogP contribution in [0.25, 0.3) is 0 Å². The molecule has 0 aliphatic carbocycles. The van der Waals surface area contributed by atoms with Crippen molar-refractivity contribution in [2.45, 2.75) is 33.5 Å². The SMILES string of the molecule is CCOP(=O)(CN(CC)CC)C(C)O. The lowest BCUT2D eigenvalue weighted by atomic mass is 10.6. The van der Waals surface area contributed by atoms with Crippen LogP contribution in [0.3, 0.4) is 0 Å². The number of nitrogens with zero attached hydrogens (tertiary/aromatic N) is 1. The van der Waals surface area contributed by atoms with E-state index in [1.54, 1.807) is 6.92 Å². The number of aliphatic hydroxyl groups is 1. The largest absolute Gasteiger partial charge is 0.383 e. The number of hydrogen-bond donors (Lipinski definition) is 1. The van der Waals surface area contributed by atoms with Crippen molar-refractivity contribution >= 4 is 7.37 Å². The highest BCUT2D eigenvalue weighted by atomic mass is 31.2. The van der Waals surface area contributed by atoms with Crippen LogP contribution in [-0.4, -0.2) is 41.8 Å². The Morgan fingerprint density at radius 1 is 1.36 bits per heavy atom. The molecule has 2 unspecified atom stereocenters. The fraction of sp³-hybridized carbons (Fsp3) is 1.00. The summed E-state index contributed by atoms with van der Waals surface area (Å²) in [7, 11) is -2.90. The van der Waals surface area contributed by atoms with Gasteiger partial charge in [0.05, 0.1) is 12.9 Å². The highest BCUT2D eigenvalue weighted by Gasteiger charge is 2.30. The van der Waals surface area contributed by atoms with E-state index in [9.17, 15) is 9.67 Å². The fourth-order valence-corrected chi connectivity index (χ4v) is 3.12. The third-order valence-electron chi connectivity index (χ3n) is 2.21. The number of rotatable bonds is 7. The first-order chi connectivity index (χ1) is 6.50. The Kier molecular flexibility index (Phi) is 6.62. The van der Waals surface area contributed by atoms with E-state index in [-0.39, 0.29) is 0 Å². The monoisotopic (exact) mass is 223 g/mol. The van der Waals surface area contributed by atoms with Crippen molar-refractivity contribution in [1.29, 1.82) is 0 Å². The molecule has 0 radical (unpaired) electrons. The molecule has 86 valence electrons. The van der Waals surface area contributed by atoms with E-state index in [0.29, 0.717) is 12.9 Å². The van der Waals surface area contributed by atoms with E-state index in [2.05, 4.69) is 0 Å². The molecular formula is C9H22NO3P. The molecule has 0 aliphatic rings. The average Bonchev–Trinajstić information content (AvgIpc) is 2.14. The lowest BCUT2D eigenvalue weighted by molar-refractivity contribution is 0.211. The maximum absolute atomic E-state index is 12.1. The van der Waals surface area contributed by atoms with Gasteiger partial charge in [-0.05, 0) is 26.9 Å². The zero-order valence-electron chi connectivity index (χ0n) is 9.56. The van der Waals surface area contributed by atoms with Gasteiger partial charge < -0.3 is 9.63 Å². The van der Waals surface area contributed by atoms with Gasteiger partial charge in [0.2, 0.25) is 7.37 Å². The lowest BCUT2D eigenvalue weighted by Gasteiger charge is -2.27. The van der Waals surface area contributed by atoms with Crippen LogP contribution in [0.2, 0.25) is 0 Å². The minimum atomic E-state index is -2.90. The van der Waals surface area contributed by atoms with E-state index in [4.69, 9.17) is 4.52 Å². The molecular weight excluding hydrogens is 201 g/mol. The molecule has 14 heavy (non-hydrogen) atoms. The number of aliphatic hydroxyl groups excluding tert-OH is 1. The normalized spacial score (nSPS) is 18.1. The van der Waals surface area contributed by atoms with Crippen molar-refractivity contribution < 1.29 is 14.2 Å². The minimum absolute atomic E-state index is 0.339. The third kappa shape index (κ3) is 4.09. The van der Waals surface area contributed by atoms with Crippen molar-refractivity contribution in [2.24, 2.45) is 0 Å². The van der Waals surface area contributed by atoms with Gasteiger partial charge in [0.1, 0.15) is 5.85 Å². The second-order valence-corrected chi connectivity index (χ2v) is 5.96. The second kappa shape index (κ2) is 6.57. The maximum atomic E-state index is 12.1. The average molecular weight is 223 g/mol. The van der Waals surface area contributed by atoms with Crippen molar-refractivity contribution in [1.82, 2.24) is 4.90 Å². The Morgan fingerprint density at radius 3 is 2.14 bits per heavy atom. The molecule has 2 atom stereocenters. The van der Waals surface area contributed by atoms with Crippen LogP contribution in [0.1, 0.15) is 27.7 Å². The molecule has 0 bridgehead atoms. The van der Waals surface area contributed by atoms with Crippen molar-refractivity contribution in [3.63, 3.8) is 0 Å². The van der Waals surface area contributed by atoms with Crippen LogP contribution in [0, 0.1) is 0 Å². The van der Waals surface area contributed by atoms with Gasteiger partial charge >= 0.3 is 0 Å². The van der Waals surface area contributed by atoms with Crippen LogP contribution in [0.4, 0.5) is 0 Å². The summed E-state index contributed by atoms with van der Waals surface area (Å²) in [5, 5.41) is 9.43. The Hall–Kier alpha value is 0.110. The predicted molar refractivity (Wildman–Crippen MR) is 58.7 cm³/mol. The molecule has 0 aromatic heterocycles. The van der Waals surface area contributed by atoms with Gasteiger partial charge in [0, 0.05) is 0 Å². The third-order valence-corrected chi connectivity index (χ3v) is 4.84. The van der Waals surface area contributed by atoms with Gasteiger partial charge in [-0.3, -0.25) is 9.46 Å². The lowest BCUT2D eigenvalue weighted by Crippen LogP contribution is -2.27. The zero-order valence-corrected chi connectivity index (χ0v) is 10.5. The van der Waals surface area contributed by atoms with Gasteiger partial charge in [-0.1, -0.05) is 13.8 Å². The summed E-state index contributed by atoms with van der Waals surface area (Å²) in [6.45, 7) is 9.34. The molecule has 0 saturated heterocycles. The molecule has 0 amide bonds. The molecule has 0 spiro atoms. The predicted octanol–water partition coefficient (Wildman–Crippen LogP) is 1.94. The van der Waals surface area contributed by atoms with E-state index >= 15 is 0 Å². The standard InChI is InChI=1S/C9H22NO3P/c1-5-10(6-2)8-14(12,9(4)11)13-7-3/h9,11H,5-8H2,1-4H3. The summed E-state index contributed by atoms with van der Waals surface area (Å²) in [4.78, 5) is 2.00. The minimum Gasteiger partial charge on any atom is -0.383 e. The quantitative estimate of drug-likeness (QED) is 0.670. The summed E-state index contributed by atoms with van der Waals surface area (Å²) >= 11 is 0. The summed E-state index contributed by atoms with van der Waals surface area (Å²) in [5.41, 5.74) is 0. The van der Waals surface area contributed by atoms with Crippen LogP contribution in [0.15, 0.2) is 0 Å². The molecule has 0 fully saturated rings. The summed E-state index contributed by atoms with van der Waals surface area (Å²) in [6, 6.07) is 0. The first-order valence-electron chi connectivity index (χ1n) is 5.13. The van der Waals surface area contributed by atoms with Gasteiger partial charge in [-0.2, -0.15) is 0 Å². The Balaban J connectivity index is 4.43. The Labute approximate surface area is 86.7 Å². The van der Waals surface area contributed by atoms with Gasteiger partial charge in [-0.25, -0.2) is 0 Å². The molecule has 1 N–H and O–H groups in total. The van der Waals surface area contributed by atoms with Crippen molar-refractivity contribution in [3.05, 3.63) is 0 Å². The van der Waals surface area contributed by atoms with Crippen LogP contribution in [0.5, 0.6) is 0 Å². The molecule has 0 aromatic rings. The van der Waals surface area contributed by atoms with Gasteiger partial charge in [-0.15, -0.1) is 0 Å². The number of hydrogen-bond acceptors (Lipinski definition) is 4. The second-order valence-electron chi connectivity index (χ2n) is 3.22. The molecule has 0 rings (SSSR count). The van der Waals surface area contributed by atoms with E-state index in [0.717, 1.165) is 13.1 Å². The molecule has 0 heterocycles. The first-order valence-corrected chi connectivity index (χ1v) is 7.01. The summed E-state index contributed by atoms with van der Waals surface area (Å²) in [5.74, 6) is -0.886. The summed E-state index contributed by atoms with van der Waals surface area (Å²) < 4.78 is 17.3. The first kappa shape index (κ1) is 14.1. The van der Waals surface area contributed by atoms with Crippen molar-refractivity contribution in [3.8, 4) is 0 Å². The Bertz CT molecular complexity index is 192. The van der Waals surface area contributed by atoms with Crippen LogP contribution in [-0.2, 0) is 9.09 Å². The van der Waals surface area contributed by atoms with Crippen molar-refractivity contribution in [2.75, 3.05) is 26.0 Å². The van der Waals surface area contributed by atoms with Gasteiger partial charge in [0.25, 0.3) is 0 Å². The van der Waals surface area contributed by atoms with E-state index < -0.39 is 13.2 Å². The van der Waals surface area contributed by atoms with Crippen LogP contribution >= 0.6 is 7.37 Å². The molecule has 0 aromatic carbocycles.